The molecule has 2 rings (SSSR count). The Bertz CT molecular complexity index is 621. The lowest BCUT2D eigenvalue weighted by Crippen LogP contribution is -2.05. The number of hydrogen-bond acceptors (Lipinski definition) is 1. The van der Waals surface area contributed by atoms with Gasteiger partial charge in [-0.1, -0.05) is 76.4 Å². The minimum Gasteiger partial charge on any atom is -0.494 e. The Balaban J connectivity index is 1.87. The van der Waals surface area contributed by atoms with Crippen molar-refractivity contribution in [2.75, 3.05) is 6.61 Å². The summed E-state index contributed by atoms with van der Waals surface area (Å²) in [7, 11) is 0. The maximum Gasteiger partial charge on any atom is 0.119 e. The maximum absolute atomic E-state index is 6.17. The van der Waals surface area contributed by atoms with E-state index >= 15 is 0 Å². The van der Waals surface area contributed by atoms with Gasteiger partial charge in [-0.05, 0) is 47.1 Å². The smallest absolute Gasteiger partial charge is 0.119 e. The zero-order valence-electron chi connectivity index (χ0n) is 15.8. The number of hydrogen-bond donors (Lipinski definition) is 0. The molecule has 25 heavy (non-hydrogen) atoms. The molecule has 0 heterocycles. The number of alkyl halides is 1. The third-order valence-electron chi connectivity index (χ3n) is 4.66. The third-order valence-corrected chi connectivity index (χ3v) is 4.95. The van der Waals surface area contributed by atoms with Gasteiger partial charge in [0.25, 0.3) is 0 Å². The molecule has 0 aliphatic carbocycles. The minimum absolute atomic E-state index is 0.493. The van der Waals surface area contributed by atoms with Crippen molar-refractivity contribution in [1.29, 1.82) is 0 Å². The molecule has 1 atom stereocenters. The molecule has 136 valence electrons. The van der Waals surface area contributed by atoms with Gasteiger partial charge in [-0.25, -0.2) is 0 Å². The van der Waals surface area contributed by atoms with Crippen molar-refractivity contribution in [3.8, 4) is 16.9 Å². The Labute approximate surface area is 158 Å². The zero-order valence-corrected chi connectivity index (χ0v) is 16.6. The van der Waals surface area contributed by atoms with Gasteiger partial charge in [0, 0.05) is 5.88 Å². The molecule has 0 fully saturated rings. The summed E-state index contributed by atoms with van der Waals surface area (Å²) < 4.78 is 5.98. The molecule has 0 bridgehead atoms. The Morgan fingerprint density at radius 3 is 2.36 bits per heavy atom. The monoisotopic (exact) mass is 358 g/mol. The first-order valence-corrected chi connectivity index (χ1v) is 10.0. The van der Waals surface area contributed by atoms with Crippen LogP contribution in [0.25, 0.3) is 11.1 Å². The standard InChI is InChI=1S/C23H31ClO/c1-18(2)8-7-9-19(3)14-15-25-22-12-13-23(21(16-22)17-24)20-10-5-4-6-11-20/h4-6,10-13,16,18-19H,7-9,14-15,17H2,1-3H3. The lowest BCUT2D eigenvalue weighted by atomic mass is 9.97. The van der Waals surface area contributed by atoms with Crippen LogP contribution in [0.2, 0.25) is 0 Å². The molecule has 0 aromatic heterocycles. The Hall–Kier alpha value is -1.47. The lowest BCUT2D eigenvalue weighted by Gasteiger charge is -2.14. The van der Waals surface area contributed by atoms with Crippen molar-refractivity contribution < 1.29 is 4.74 Å². The highest BCUT2D eigenvalue weighted by Gasteiger charge is 2.08. The Morgan fingerprint density at radius 1 is 0.920 bits per heavy atom. The van der Waals surface area contributed by atoms with Crippen LogP contribution in [0.3, 0.4) is 0 Å². The summed E-state index contributed by atoms with van der Waals surface area (Å²) in [6.45, 7) is 7.68. The van der Waals surface area contributed by atoms with Crippen LogP contribution in [0, 0.1) is 11.8 Å². The van der Waals surface area contributed by atoms with E-state index in [1.54, 1.807) is 0 Å². The highest BCUT2D eigenvalue weighted by atomic mass is 35.5. The van der Waals surface area contributed by atoms with Crippen LogP contribution in [0.15, 0.2) is 48.5 Å². The van der Waals surface area contributed by atoms with Crippen molar-refractivity contribution in [3.63, 3.8) is 0 Å². The van der Waals surface area contributed by atoms with E-state index in [0.29, 0.717) is 5.88 Å². The molecule has 0 saturated heterocycles. The average Bonchev–Trinajstić information content (AvgIpc) is 2.62. The van der Waals surface area contributed by atoms with Gasteiger partial charge in [0.15, 0.2) is 0 Å². The van der Waals surface area contributed by atoms with E-state index in [1.165, 1.54) is 30.4 Å². The van der Waals surface area contributed by atoms with Gasteiger partial charge < -0.3 is 4.74 Å². The van der Waals surface area contributed by atoms with Crippen molar-refractivity contribution in [1.82, 2.24) is 0 Å². The van der Waals surface area contributed by atoms with Crippen LogP contribution in [0.5, 0.6) is 5.75 Å². The highest BCUT2D eigenvalue weighted by Crippen LogP contribution is 2.29. The minimum atomic E-state index is 0.493. The Morgan fingerprint density at radius 2 is 1.68 bits per heavy atom. The summed E-state index contributed by atoms with van der Waals surface area (Å²) in [6, 6.07) is 16.6. The third kappa shape index (κ3) is 6.74. The fraction of sp³-hybridized carbons (Fsp3) is 0.478. The fourth-order valence-electron chi connectivity index (χ4n) is 3.07. The number of halogens is 1. The normalized spacial score (nSPS) is 12.4. The predicted octanol–water partition coefficient (Wildman–Crippen LogP) is 7.32. The summed E-state index contributed by atoms with van der Waals surface area (Å²) in [5.74, 6) is 2.94. The second-order valence-electron chi connectivity index (χ2n) is 7.39. The van der Waals surface area contributed by atoms with Crippen LogP contribution in [-0.4, -0.2) is 6.61 Å². The summed E-state index contributed by atoms with van der Waals surface area (Å²) >= 11 is 6.17. The van der Waals surface area contributed by atoms with E-state index in [1.807, 2.05) is 6.07 Å². The molecule has 1 unspecified atom stereocenters. The summed E-state index contributed by atoms with van der Waals surface area (Å²) in [5.41, 5.74) is 3.50. The van der Waals surface area contributed by atoms with Crippen LogP contribution in [-0.2, 0) is 5.88 Å². The van der Waals surface area contributed by atoms with Crippen LogP contribution < -0.4 is 4.74 Å². The molecule has 0 saturated carbocycles. The Kier molecular flexibility index (Phi) is 8.34. The molecule has 1 nitrogen and oxygen atoms in total. The van der Waals surface area contributed by atoms with Gasteiger partial charge in [0.05, 0.1) is 6.61 Å². The first-order valence-electron chi connectivity index (χ1n) is 9.47. The number of ether oxygens (including phenoxy) is 1. The highest BCUT2D eigenvalue weighted by molar-refractivity contribution is 6.17. The summed E-state index contributed by atoms with van der Waals surface area (Å²) in [6.07, 6.45) is 5.04. The summed E-state index contributed by atoms with van der Waals surface area (Å²) in [5, 5.41) is 0. The van der Waals surface area contributed by atoms with E-state index in [2.05, 4.69) is 63.2 Å². The van der Waals surface area contributed by atoms with Crippen molar-refractivity contribution >= 4 is 11.6 Å². The second kappa shape index (κ2) is 10.5. The van der Waals surface area contributed by atoms with E-state index in [0.717, 1.165) is 36.2 Å². The lowest BCUT2D eigenvalue weighted by molar-refractivity contribution is 0.275. The van der Waals surface area contributed by atoms with Gasteiger partial charge >= 0.3 is 0 Å². The molecular weight excluding hydrogens is 328 g/mol. The molecule has 0 aliphatic heterocycles. The van der Waals surface area contributed by atoms with Crippen molar-refractivity contribution in [3.05, 3.63) is 54.1 Å². The van der Waals surface area contributed by atoms with E-state index in [4.69, 9.17) is 16.3 Å². The van der Waals surface area contributed by atoms with Crippen LogP contribution >= 0.6 is 11.6 Å². The topological polar surface area (TPSA) is 9.23 Å². The molecule has 0 amide bonds. The van der Waals surface area contributed by atoms with Gasteiger partial charge in [-0.2, -0.15) is 0 Å². The van der Waals surface area contributed by atoms with Crippen molar-refractivity contribution in [2.45, 2.75) is 52.3 Å². The first-order chi connectivity index (χ1) is 12.1. The van der Waals surface area contributed by atoms with Crippen LogP contribution in [0.1, 0.15) is 52.0 Å². The molecular formula is C23H31ClO. The maximum atomic E-state index is 6.17. The fourth-order valence-corrected chi connectivity index (χ4v) is 3.29. The van der Waals surface area contributed by atoms with Crippen molar-refractivity contribution in [2.24, 2.45) is 11.8 Å². The zero-order chi connectivity index (χ0) is 18.1. The first kappa shape index (κ1) is 19.8. The van der Waals surface area contributed by atoms with Crippen LogP contribution in [0.4, 0.5) is 0 Å². The molecule has 2 aromatic rings. The molecule has 0 spiro atoms. The second-order valence-corrected chi connectivity index (χ2v) is 7.65. The molecule has 0 aliphatic rings. The average molecular weight is 359 g/mol. The van der Waals surface area contributed by atoms with Gasteiger partial charge in [-0.15, -0.1) is 11.6 Å². The largest absolute Gasteiger partial charge is 0.494 e. The predicted molar refractivity (Wildman–Crippen MR) is 109 cm³/mol. The number of benzene rings is 2. The summed E-state index contributed by atoms with van der Waals surface area (Å²) in [4.78, 5) is 0. The molecule has 0 radical (unpaired) electrons. The quantitative estimate of drug-likeness (QED) is 0.404. The molecule has 2 aromatic carbocycles. The number of rotatable bonds is 10. The molecule has 0 N–H and O–H groups in total. The van der Waals surface area contributed by atoms with E-state index in [9.17, 15) is 0 Å². The van der Waals surface area contributed by atoms with E-state index < -0.39 is 0 Å². The van der Waals surface area contributed by atoms with Gasteiger partial charge in [-0.3, -0.25) is 0 Å². The van der Waals surface area contributed by atoms with E-state index in [-0.39, 0.29) is 0 Å². The SMILES string of the molecule is CC(C)CCCC(C)CCOc1ccc(-c2ccccc2)c(CCl)c1. The molecule has 2 heteroatoms. The van der Waals surface area contributed by atoms with Gasteiger partial charge in [0.1, 0.15) is 5.75 Å². The van der Waals surface area contributed by atoms with Gasteiger partial charge in [0.2, 0.25) is 0 Å².